The van der Waals surface area contributed by atoms with Crippen molar-refractivity contribution in [3.8, 4) is 5.75 Å². The number of nitrogens with one attached hydrogen (secondary N) is 1. The van der Waals surface area contributed by atoms with E-state index in [9.17, 15) is 4.79 Å². The number of anilines is 1. The summed E-state index contributed by atoms with van der Waals surface area (Å²) in [6.45, 7) is 0. The minimum atomic E-state index is -0.219. The van der Waals surface area contributed by atoms with E-state index >= 15 is 0 Å². The Morgan fingerprint density at radius 2 is 1.29 bits per heavy atom. The molecule has 3 nitrogen and oxygen atoms in total. The molecule has 1 N–H and O–H groups in total. The first-order valence-corrected chi connectivity index (χ1v) is 7.66. The highest BCUT2D eigenvalue weighted by molar-refractivity contribution is 6.25. The number of rotatable bonds is 5. The summed E-state index contributed by atoms with van der Waals surface area (Å²) in [5, 5.41) is 2.89. The first-order valence-electron chi connectivity index (χ1n) is 7.66. The van der Waals surface area contributed by atoms with Gasteiger partial charge in [-0.05, 0) is 29.8 Å². The Balaban J connectivity index is 1.86. The molecule has 0 aliphatic carbocycles. The van der Waals surface area contributed by atoms with Crippen molar-refractivity contribution in [1.82, 2.24) is 0 Å². The molecule has 0 aliphatic heterocycles. The van der Waals surface area contributed by atoms with Crippen molar-refractivity contribution in [2.45, 2.75) is 0 Å². The Bertz CT molecular complexity index is 812. The first kappa shape index (κ1) is 15.6. The summed E-state index contributed by atoms with van der Waals surface area (Å²) in [5.74, 6) is 0.460. The second-order valence-corrected chi connectivity index (χ2v) is 5.15. The van der Waals surface area contributed by atoms with Crippen LogP contribution in [0.15, 0.2) is 97.3 Å². The summed E-state index contributed by atoms with van der Waals surface area (Å²) in [4.78, 5) is 12.7. The Labute approximate surface area is 141 Å². The van der Waals surface area contributed by atoms with Crippen molar-refractivity contribution in [3.63, 3.8) is 0 Å². The van der Waals surface area contributed by atoms with Crippen molar-refractivity contribution in [1.29, 1.82) is 0 Å². The van der Waals surface area contributed by atoms with E-state index in [-0.39, 0.29) is 5.91 Å². The van der Waals surface area contributed by atoms with Crippen molar-refractivity contribution in [3.05, 3.63) is 103 Å². The predicted octanol–water partition coefficient (Wildman–Crippen LogP) is 4.75. The second kappa shape index (κ2) is 7.79. The van der Waals surface area contributed by atoms with E-state index in [1.165, 1.54) is 6.26 Å². The molecule has 24 heavy (non-hydrogen) atoms. The van der Waals surface area contributed by atoms with Gasteiger partial charge in [-0.2, -0.15) is 0 Å². The number of hydrogen-bond acceptors (Lipinski definition) is 2. The summed E-state index contributed by atoms with van der Waals surface area (Å²) in [5.41, 5.74) is 1.99. The van der Waals surface area contributed by atoms with Crippen LogP contribution in [0, 0.1) is 0 Å². The second-order valence-electron chi connectivity index (χ2n) is 5.15. The van der Waals surface area contributed by atoms with E-state index in [1.807, 2.05) is 91.0 Å². The number of ether oxygens (including phenoxy) is 1. The van der Waals surface area contributed by atoms with E-state index in [4.69, 9.17) is 4.74 Å². The lowest BCUT2D eigenvalue weighted by molar-refractivity contribution is -0.111. The van der Waals surface area contributed by atoms with Crippen LogP contribution in [0.3, 0.4) is 0 Å². The molecule has 3 heteroatoms. The van der Waals surface area contributed by atoms with Crippen molar-refractivity contribution >= 4 is 17.2 Å². The molecule has 0 saturated carbocycles. The van der Waals surface area contributed by atoms with E-state index in [0.29, 0.717) is 11.3 Å². The molecule has 0 unspecified atom stereocenters. The third-order valence-electron chi connectivity index (χ3n) is 3.42. The van der Waals surface area contributed by atoms with Crippen LogP contribution in [0.5, 0.6) is 5.75 Å². The van der Waals surface area contributed by atoms with Gasteiger partial charge in [0.15, 0.2) is 0 Å². The zero-order chi connectivity index (χ0) is 16.6. The lowest BCUT2D eigenvalue weighted by Crippen LogP contribution is -2.14. The third kappa shape index (κ3) is 4.11. The summed E-state index contributed by atoms with van der Waals surface area (Å²) in [6, 6.07) is 28.2. The molecule has 0 radical (unpaired) electrons. The van der Waals surface area contributed by atoms with Gasteiger partial charge in [-0.25, -0.2) is 0 Å². The number of carbonyl (C=O) groups is 1. The van der Waals surface area contributed by atoms with Gasteiger partial charge >= 0.3 is 0 Å². The van der Waals surface area contributed by atoms with Gasteiger partial charge in [-0.15, -0.1) is 0 Å². The summed E-state index contributed by atoms with van der Waals surface area (Å²) in [6.07, 6.45) is 1.49. The van der Waals surface area contributed by atoms with Gasteiger partial charge in [0.25, 0.3) is 5.91 Å². The Kier molecular flexibility index (Phi) is 5.05. The molecule has 3 aromatic rings. The lowest BCUT2D eigenvalue weighted by atomic mass is 10.1. The number of benzene rings is 3. The Morgan fingerprint density at radius 3 is 1.92 bits per heavy atom. The van der Waals surface area contributed by atoms with Gasteiger partial charge in [0.05, 0.1) is 5.57 Å². The van der Waals surface area contributed by atoms with Crippen molar-refractivity contribution < 1.29 is 9.53 Å². The number of para-hydroxylation sites is 2. The zero-order valence-corrected chi connectivity index (χ0v) is 13.1. The highest BCUT2D eigenvalue weighted by Gasteiger charge is 2.13. The molecule has 0 heterocycles. The SMILES string of the molecule is O=C(Nc1ccccc1)C(=COc1ccccc1)c1ccccc1. The molecule has 1 amide bonds. The normalized spacial score (nSPS) is 10.9. The van der Waals surface area contributed by atoms with Crippen molar-refractivity contribution in [2.75, 3.05) is 5.32 Å². The maximum Gasteiger partial charge on any atom is 0.259 e. The van der Waals surface area contributed by atoms with Crippen LogP contribution in [0.2, 0.25) is 0 Å². The highest BCUT2D eigenvalue weighted by atomic mass is 16.5. The highest BCUT2D eigenvalue weighted by Crippen LogP contribution is 2.19. The minimum Gasteiger partial charge on any atom is -0.464 e. The summed E-state index contributed by atoms with van der Waals surface area (Å²) in [7, 11) is 0. The van der Waals surface area contributed by atoms with Crippen LogP contribution in [0.4, 0.5) is 5.69 Å². The number of hydrogen-bond donors (Lipinski definition) is 1. The molecule has 0 spiro atoms. The Hall–Kier alpha value is -3.33. The quantitative estimate of drug-likeness (QED) is 0.545. The molecule has 0 aliphatic rings. The summed E-state index contributed by atoms with van der Waals surface area (Å²) >= 11 is 0. The van der Waals surface area contributed by atoms with E-state index in [2.05, 4.69) is 5.32 Å². The van der Waals surface area contributed by atoms with Gasteiger partial charge in [-0.1, -0.05) is 66.7 Å². The van der Waals surface area contributed by atoms with Gasteiger partial charge in [0.1, 0.15) is 12.0 Å². The molecular weight excluding hydrogens is 298 g/mol. The minimum absolute atomic E-state index is 0.219. The van der Waals surface area contributed by atoms with Gasteiger partial charge in [0, 0.05) is 5.69 Å². The molecule has 3 aromatic carbocycles. The summed E-state index contributed by atoms with van der Waals surface area (Å²) < 4.78 is 5.66. The lowest BCUT2D eigenvalue weighted by Gasteiger charge is -2.10. The van der Waals surface area contributed by atoms with E-state index < -0.39 is 0 Å². The van der Waals surface area contributed by atoms with E-state index in [1.54, 1.807) is 0 Å². The van der Waals surface area contributed by atoms with Gasteiger partial charge in [0.2, 0.25) is 0 Å². The maximum atomic E-state index is 12.7. The molecule has 118 valence electrons. The fourth-order valence-corrected chi connectivity index (χ4v) is 2.22. The third-order valence-corrected chi connectivity index (χ3v) is 3.42. The number of carbonyl (C=O) groups excluding carboxylic acids is 1. The molecule has 0 aromatic heterocycles. The molecule has 3 rings (SSSR count). The molecule has 0 saturated heterocycles. The van der Waals surface area contributed by atoms with Crippen LogP contribution in [-0.4, -0.2) is 5.91 Å². The predicted molar refractivity (Wildman–Crippen MR) is 96.6 cm³/mol. The van der Waals surface area contributed by atoms with E-state index in [0.717, 1.165) is 11.3 Å². The molecular formula is C21H17NO2. The fourth-order valence-electron chi connectivity index (χ4n) is 2.22. The Morgan fingerprint density at radius 1 is 0.750 bits per heavy atom. The maximum absolute atomic E-state index is 12.7. The number of amides is 1. The average molecular weight is 315 g/mol. The molecule has 0 bridgehead atoms. The largest absolute Gasteiger partial charge is 0.464 e. The van der Waals surface area contributed by atoms with Crippen LogP contribution in [0.1, 0.15) is 5.56 Å². The monoisotopic (exact) mass is 315 g/mol. The fraction of sp³-hybridized carbons (Fsp3) is 0. The van der Waals surface area contributed by atoms with Crippen molar-refractivity contribution in [2.24, 2.45) is 0 Å². The van der Waals surface area contributed by atoms with Crippen LogP contribution < -0.4 is 10.1 Å². The van der Waals surface area contributed by atoms with Crippen LogP contribution >= 0.6 is 0 Å². The average Bonchev–Trinajstić information content (AvgIpc) is 2.64. The van der Waals surface area contributed by atoms with Crippen LogP contribution in [-0.2, 0) is 4.79 Å². The topological polar surface area (TPSA) is 38.3 Å². The van der Waals surface area contributed by atoms with Gasteiger partial charge < -0.3 is 10.1 Å². The standard InChI is InChI=1S/C21H17NO2/c23-21(22-18-12-6-2-7-13-18)20(17-10-4-1-5-11-17)16-24-19-14-8-3-9-15-19/h1-16H,(H,22,23). The first-order chi connectivity index (χ1) is 11.8. The molecule has 0 atom stereocenters. The van der Waals surface area contributed by atoms with Crippen LogP contribution in [0.25, 0.3) is 5.57 Å². The smallest absolute Gasteiger partial charge is 0.259 e. The zero-order valence-electron chi connectivity index (χ0n) is 13.1. The molecule has 0 fully saturated rings. The van der Waals surface area contributed by atoms with Gasteiger partial charge in [-0.3, -0.25) is 4.79 Å².